The van der Waals surface area contributed by atoms with Gasteiger partial charge in [0, 0.05) is 7.11 Å². The first kappa shape index (κ1) is 11.0. The molecule has 1 N–H and O–H groups in total. The number of alkyl halides is 3. The first-order chi connectivity index (χ1) is 5.50. The number of rotatable bonds is 0. The number of hydrogen-bond donors (Lipinski definition) is 1. The van der Waals surface area contributed by atoms with E-state index in [4.69, 9.17) is 5.11 Å². The average Bonchev–Trinajstić information content (AvgIpc) is 2.39. The lowest BCUT2D eigenvalue weighted by Gasteiger charge is -2.04. The van der Waals surface area contributed by atoms with Crippen LogP contribution in [-0.4, -0.2) is 24.4 Å². The van der Waals surface area contributed by atoms with E-state index in [1.54, 1.807) is 0 Å². The number of carbonyl (C=O) groups excluding carboxylic acids is 1. The van der Waals surface area contributed by atoms with Crippen LogP contribution in [0.1, 0.15) is 6.42 Å². The number of allylic oxidation sites excluding steroid dienone is 1. The van der Waals surface area contributed by atoms with E-state index in [9.17, 15) is 18.0 Å². The highest BCUT2D eigenvalue weighted by atomic mass is 19.4. The molecular weight excluding hydrogens is 177 g/mol. The van der Waals surface area contributed by atoms with Crippen molar-refractivity contribution in [3.63, 3.8) is 0 Å². The van der Waals surface area contributed by atoms with Gasteiger partial charge in [-0.15, -0.1) is 0 Å². The largest absolute Gasteiger partial charge is 0.449 e. The second-order valence-corrected chi connectivity index (χ2v) is 1.74. The van der Waals surface area contributed by atoms with Gasteiger partial charge in [0.05, 0.1) is 6.42 Å². The van der Waals surface area contributed by atoms with Crippen LogP contribution in [0.25, 0.3) is 0 Å². The lowest BCUT2D eigenvalue weighted by molar-refractivity contribution is -0.155. The van der Waals surface area contributed by atoms with E-state index in [2.05, 4.69) is 4.74 Å². The Kier molecular flexibility index (Phi) is 3.75. The molecule has 1 aliphatic rings. The van der Waals surface area contributed by atoms with Crippen molar-refractivity contribution in [2.24, 2.45) is 0 Å². The Morgan fingerprint density at radius 3 is 2.17 bits per heavy atom. The minimum absolute atomic E-state index is 0.283. The maximum Gasteiger partial charge on any atom is 0.449 e. The lowest BCUT2D eigenvalue weighted by atomic mass is 10.4. The summed E-state index contributed by atoms with van der Waals surface area (Å²) in [5, 5.41) is 7.00. The van der Waals surface area contributed by atoms with Crippen LogP contribution in [0.15, 0.2) is 11.8 Å². The SMILES string of the molecule is CO.O=C1CC=C(C(F)(F)F)O1. The Bertz CT molecular complexity index is 195. The quantitative estimate of drug-likeness (QED) is 0.571. The highest BCUT2D eigenvalue weighted by molar-refractivity contribution is 5.75. The van der Waals surface area contributed by atoms with Crippen molar-refractivity contribution in [3.8, 4) is 0 Å². The van der Waals surface area contributed by atoms with Crippen molar-refractivity contribution in [1.29, 1.82) is 0 Å². The fraction of sp³-hybridized carbons (Fsp3) is 0.500. The second kappa shape index (κ2) is 4.10. The molecule has 0 radical (unpaired) electrons. The first-order valence-electron chi connectivity index (χ1n) is 2.93. The third kappa shape index (κ3) is 2.91. The molecule has 0 unspecified atom stereocenters. The molecule has 0 aromatic heterocycles. The van der Waals surface area contributed by atoms with Gasteiger partial charge in [-0.05, 0) is 6.08 Å². The number of ether oxygens (including phenoxy) is 1. The summed E-state index contributed by atoms with van der Waals surface area (Å²) in [4.78, 5) is 10.1. The summed E-state index contributed by atoms with van der Waals surface area (Å²) in [7, 11) is 1.00. The standard InChI is InChI=1S/C5H3F3O2.CH4O/c6-5(7,8)3-1-2-4(9)10-3;1-2/h1H,2H2;2H,1H3. The van der Waals surface area contributed by atoms with Crippen molar-refractivity contribution < 1.29 is 27.8 Å². The monoisotopic (exact) mass is 184 g/mol. The Morgan fingerprint density at radius 2 is 2.00 bits per heavy atom. The summed E-state index contributed by atoms with van der Waals surface area (Å²) in [6, 6.07) is 0. The van der Waals surface area contributed by atoms with Gasteiger partial charge in [0.25, 0.3) is 0 Å². The van der Waals surface area contributed by atoms with E-state index in [0.717, 1.165) is 13.2 Å². The van der Waals surface area contributed by atoms with E-state index in [-0.39, 0.29) is 6.42 Å². The molecule has 3 nitrogen and oxygen atoms in total. The van der Waals surface area contributed by atoms with Gasteiger partial charge in [0.1, 0.15) is 0 Å². The van der Waals surface area contributed by atoms with Gasteiger partial charge in [-0.3, -0.25) is 4.79 Å². The van der Waals surface area contributed by atoms with Crippen LogP contribution in [0.4, 0.5) is 13.2 Å². The number of halogens is 3. The third-order valence-electron chi connectivity index (χ3n) is 0.957. The maximum absolute atomic E-state index is 11.6. The molecule has 1 rings (SSSR count). The highest BCUT2D eigenvalue weighted by Gasteiger charge is 2.39. The van der Waals surface area contributed by atoms with Gasteiger partial charge >= 0.3 is 12.1 Å². The molecule has 0 amide bonds. The number of hydrogen-bond acceptors (Lipinski definition) is 3. The molecule has 1 heterocycles. The van der Waals surface area contributed by atoms with Crippen LogP contribution < -0.4 is 0 Å². The molecule has 0 saturated heterocycles. The molecule has 0 aromatic carbocycles. The zero-order chi connectivity index (χ0) is 9.78. The van der Waals surface area contributed by atoms with Crippen molar-refractivity contribution in [2.75, 3.05) is 7.11 Å². The molecule has 70 valence electrons. The lowest BCUT2D eigenvalue weighted by Crippen LogP contribution is -2.13. The van der Waals surface area contributed by atoms with Gasteiger partial charge in [-0.2, -0.15) is 13.2 Å². The number of aliphatic hydroxyl groups excluding tert-OH is 1. The van der Waals surface area contributed by atoms with E-state index in [0.29, 0.717) is 0 Å². The second-order valence-electron chi connectivity index (χ2n) is 1.74. The molecule has 0 aliphatic carbocycles. The highest BCUT2D eigenvalue weighted by Crippen LogP contribution is 2.29. The summed E-state index contributed by atoms with van der Waals surface area (Å²) >= 11 is 0. The Balaban J connectivity index is 0.000000561. The van der Waals surface area contributed by atoms with E-state index >= 15 is 0 Å². The van der Waals surface area contributed by atoms with Crippen molar-refractivity contribution in [2.45, 2.75) is 12.6 Å². The van der Waals surface area contributed by atoms with Crippen molar-refractivity contribution in [3.05, 3.63) is 11.8 Å². The Morgan fingerprint density at radius 1 is 1.50 bits per heavy atom. The fourth-order valence-corrected chi connectivity index (χ4v) is 0.556. The summed E-state index contributed by atoms with van der Waals surface area (Å²) in [6.07, 6.45) is -4.08. The number of carbonyl (C=O) groups is 1. The summed E-state index contributed by atoms with van der Waals surface area (Å²) < 4.78 is 38.6. The zero-order valence-corrected chi connectivity index (χ0v) is 6.18. The molecule has 0 aromatic rings. The van der Waals surface area contributed by atoms with E-state index in [1.165, 1.54) is 0 Å². The maximum atomic E-state index is 11.6. The van der Waals surface area contributed by atoms with Crippen LogP contribution >= 0.6 is 0 Å². The average molecular weight is 184 g/mol. The normalized spacial score (nSPS) is 16.1. The summed E-state index contributed by atoms with van der Waals surface area (Å²) in [5.74, 6) is -2.05. The van der Waals surface area contributed by atoms with Crippen LogP contribution in [0, 0.1) is 0 Å². The molecule has 0 spiro atoms. The minimum atomic E-state index is -4.52. The third-order valence-corrected chi connectivity index (χ3v) is 0.957. The first-order valence-corrected chi connectivity index (χ1v) is 2.93. The summed E-state index contributed by atoms with van der Waals surface area (Å²) in [5.41, 5.74) is 0. The van der Waals surface area contributed by atoms with Crippen LogP contribution in [0.5, 0.6) is 0 Å². The Hall–Kier alpha value is -1.04. The van der Waals surface area contributed by atoms with Gasteiger partial charge in [0.2, 0.25) is 5.76 Å². The molecule has 6 heteroatoms. The van der Waals surface area contributed by atoms with Gasteiger partial charge < -0.3 is 9.84 Å². The molecule has 0 saturated carbocycles. The number of cyclic esters (lactones) is 1. The van der Waals surface area contributed by atoms with Crippen LogP contribution in [-0.2, 0) is 9.53 Å². The Labute approximate surface area is 66.4 Å². The van der Waals surface area contributed by atoms with E-state index in [1.807, 2.05) is 0 Å². The molecule has 0 fully saturated rings. The fourth-order valence-electron chi connectivity index (χ4n) is 0.556. The van der Waals surface area contributed by atoms with Crippen LogP contribution in [0.2, 0.25) is 0 Å². The predicted molar refractivity (Wildman–Crippen MR) is 33.0 cm³/mol. The van der Waals surface area contributed by atoms with Gasteiger partial charge in [-0.25, -0.2) is 0 Å². The number of aliphatic hydroxyl groups is 1. The predicted octanol–water partition coefficient (Wildman–Crippen LogP) is 0.988. The topological polar surface area (TPSA) is 46.5 Å². The van der Waals surface area contributed by atoms with Crippen molar-refractivity contribution >= 4 is 5.97 Å². The number of esters is 1. The molecule has 12 heavy (non-hydrogen) atoms. The van der Waals surface area contributed by atoms with Gasteiger partial charge in [0.15, 0.2) is 0 Å². The van der Waals surface area contributed by atoms with Crippen LogP contribution in [0.3, 0.4) is 0 Å². The van der Waals surface area contributed by atoms with Crippen molar-refractivity contribution in [1.82, 2.24) is 0 Å². The molecule has 0 atom stereocenters. The molecule has 1 aliphatic heterocycles. The summed E-state index contributed by atoms with van der Waals surface area (Å²) in [6.45, 7) is 0. The zero-order valence-electron chi connectivity index (χ0n) is 6.18. The molecule has 0 bridgehead atoms. The smallest absolute Gasteiger partial charge is 0.421 e. The van der Waals surface area contributed by atoms with Gasteiger partial charge in [-0.1, -0.05) is 0 Å². The molecular formula is C6H7F3O3. The van der Waals surface area contributed by atoms with E-state index < -0.39 is 17.9 Å². The minimum Gasteiger partial charge on any atom is -0.421 e.